The van der Waals surface area contributed by atoms with Gasteiger partial charge in [0.2, 0.25) is 11.8 Å². The van der Waals surface area contributed by atoms with Crippen molar-refractivity contribution in [1.82, 2.24) is 20.4 Å². The zero-order valence-electron chi connectivity index (χ0n) is 42.2. The van der Waals surface area contributed by atoms with Crippen molar-refractivity contribution in [2.45, 2.75) is 180 Å². The molecule has 1 saturated heterocycles. The average molecular weight is 969 g/mol. The van der Waals surface area contributed by atoms with Gasteiger partial charge in [-0.05, 0) is 129 Å². The van der Waals surface area contributed by atoms with Crippen molar-refractivity contribution >= 4 is 29.0 Å². The molecule has 0 saturated carbocycles. The Morgan fingerprint density at radius 2 is 0.881 bits per heavy atom. The number of nitrogens with one attached hydrogen (secondary N) is 2. The van der Waals surface area contributed by atoms with E-state index in [4.69, 9.17) is 0 Å². The van der Waals surface area contributed by atoms with E-state index in [-0.39, 0.29) is 34.9 Å². The SMILES string of the molecule is CC/C=C\C/C=C\C/C=C\CC(CC)C(O)CN(CCCCC1NC(=O)C(CCCCN(CC(O)P/C=C\C/C=C\C/C=C\CC)CC(O)P/C=C\C/C=C\C/C=C\CC)NC1=O)CC(C)O. The largest absolute Gasteiger partial charge is 0.392 e. The number of carbonyl (C=O) groups is 2. The van der Waals surface area contributed by atoms with Crippen LogP contribution < -0.4 is 10.6 Å². The summed E-state index contributed by atoms with van der Waals surface area (Å²) in [5, 5.41) is 49.2. The van der Waals surface area contributed by atoms with Crippen LogP contribution in [-0.4, -0.2) is 117 Å². The molecular formula is C55H94N4O6P2. The van der Waals surface area contributed by atoms with Crippen molar-refractivity contribution in [1.29, 1.82) is 0 Å². The lowest BCUT2D eigenvalue weighted by Gasteiger charge is -2.31. The fourth-order valence-electron chi connectivity index (χ4n) is 7.64. The summed E-state index contributed by atoms with van der Waals surface area (Å²) in [7, 11) is 0.506. The Morgan fingerprint density at radius 1 is 0.507 bits per heavy atom. The van der Waals surface area contributed by atoms with Crippen LogP contribution in [0.4, 0.5) is 0 Å². The lowest BCUT2D eigenvalue weighted by molar-refractivity contribution is -0.137. The number of hydrogen-bond acceptors (Lipinski definition) is 8. The van der Waals surface area contributed by atoms with Gasteiger partial charge in [0.15, 0.2) is 0 Å². The molecule has 67 heavy (non-hydrogen) atoms. The van der Waals surface area contributed by atoms with Crippen LogP contribution in [0.5, 0.6) is 0 Å². The monoisotopic (exact) mass is 969 g/mol. The molecule has 1 heterocycles. The number of aliphatic hydroxyl groups excluding tert-OH is 4. The fraction of sp³-hybridized carbons (Fsp3) is 0.636. The maximum Gasteiger partial charge on any atom is 0.243 e. The van der Waals surface area contributed by atoms with Gasteiger partial charge in [-0.3, -0.25) is 19.4 Å². The number of amides is 2. The third-order valence-corrected chi connectivity index (χ3v) is 13.3. The van der Waals surface area contributed by atoms with Crippen LogP contribution in [0, 0.1) is 5.92 Å². The Bertz CT molecular complexity index is 1480. The van der Waals surface area contributed by atoms with E-state index in [1.165, 1.54) is 0 Å². The molecular weight excluding hydrogens is 875 g/mol. The van der Waals surface area contributed by atoms with Crippen LogP contribution in [0.1, 0.15) is 144 Å². The van der Waals surface area contributed by atoms with Crippen molar-refractivity contribution in [3.8, 4) is 0 Å². The molecule has 12 heteroatoms. The fourth-order valence-corrected chi connectivity index (χ4v) is 9.36. The van der Waals surface area contributed by atoms with Crippen LogP contribution in [0.25, 0.3) is 0 Å². The first-order valence-electron chi connectivity index (χ1n) is 25.7. The van der Waals surface area contributed by atoms with Gasteiger partial charge in [-0.25, -0.2) is 0 Å². The normalized spacial score (nSPS) is 19.2. The van der Waals surface area contributed by atoms with Gasteiger partial charge in [-0.15, -0.1) is 0 Å². The van der Waals surface area contributed by atoms with Crippen molar-refractivity contribution in [2.75, 3.05) is 39.3 Å². The number of piperazine rings is 1. The lowest BCUT2D eigenvalue weighted by Crippen LogP contribution is -2.61. The second-order valence-electron chi connectivity index (χ2n) is 17.6. The van der Waals surface area contributed by atoms with Crippen LogP contribution >= 0.6 is 17.2 Å². The summed E-state index contributed by atoms with van der Waals surface area (Å²) in [5.41, 5.74) is 0. The average Bonchev–Trinajstić information content (AvgIpc) is 3.29. The summed E-state index contributed by atoms with van der Waals surface area (Å²) in [5.74, 6) is 2.82. The smallest absolute Gasteiger partial charge is 0.243 e. The molecule has 1 rings (SSSR count). The Morgan fingerprint density at radius 3 is 1.27 bits per heavy atom. The number of hydrogen-bond donors (Lipinski definition) is 6. The lowest BCUT2D eigenvalue weighted by atomic mass is 9.94. The summed E-state index contributed by atoms with van der Waals surface area (Å²) in [6.07, 6.45) is 47.5. The molecule has 9 unspecified atom stereocenters. The molecule has 0 aliphatic carbocycles. The molecule has 2 amide bonds. The standard InChI is InChI=1S/C55H94N4O6P2/c1-6-10-13-16-19-22-23-26-29-36-48(9-4)51(61)44-58(43-47(5)60)39-32-30-37-49-54(64)57-50(55(65)56-49)38-31-33-40-59(45-52(62)66-41-34-27-24-20-17-14-11-7-2)46-53(63)67-42-35-28-25-21-18-15-12-8-3/h10-15,19-22,24-26,29,34-35,41-42,47-53,60-63,66-67H,6-9,16-18,23,27-28,30-33,36-40,43-46H2,1-5H3,(H,56,65)(H,57,64)/b13-10-,14-11-,15-12-,22-19-,24-20-,25-21-,29-26-,41-34-,42-35-. The maximum atomic E-state index is 13.2. The zero-order chi connectivity index (χ0) is 49.2. The van der Waals surface area contributed by atoms with Gasteiger partial charge in [0, 0.05) is 26.2 Å². The number of aliphatic hydroxyl groups is 4. The molecule has 6 N–H and O–H groups in total. The summed E-state index contributed by atoms with van der Waals surface area (Å²) in [4.78, 5) is 30.6. The third-order valence-electron chi connectivity index (χ3n) is 11.4. The minimum absolute atomic E-state index is 0.126. The van der Waals surface area contributed by atoms with Gasteiger partial charge >= 0.3 is 0 Å². The number of allylic oxidation sites excluding steroid dienone is 16. The summed E-state index contributed by atoms with van der Waals surface area (Å²) < 4.78 is 0. The van der Waals surface area contributed by atoms with Gasteiger partial charge in [0.25, 0.3) is 0 Å². The Labute approximate surface area is 411 Å². The van der Waals surface area contributed by atoms with Crippen LogP contribution in [-0.2, 0) is 9.59 Å². The van der Waals surface area contributed by atoms with Crippen LogP contribution in [0.2, 0.25) is 0 Å². The molecule has 0 aromatic carbocycles. The molecule has 1 aliphatic heterocycles. The van der Waals surface area contributed by atoms with Crippen LogP contribution in [0.3, 0.4) is 0 Å². The molecule has 380 valence electrons. The topological polar surface area (TPSA) is 146 Å². The minimum Gasteiger partial charge on any atom is -0.392 e. The first kappa shape index (κ1) is 62.2. The van der Waals surface area contributed by atoms with Gasteiger partial charge in [0.1, 0.15) is 12.1 Å². The third kappa shape index (κ3) is 35.0. The highest BCUT2D eigenvalue weighted by Gasteiger charge is 2.33. The first-order chi connectivity index (χ1) is 32.5. The highest BCUT2D eigenvalue weighted by Crippen LogP contribution is 2.24. The number of unbranched alkanes of at least 4 members (excludes halogenated alkanes) is 2. The molecule has 0 aromatic rings. The van der Waals surface area contributed by atoms with Crippen LogP contribution in [0.15, 0.2) is 109 Å². The summed E-state index contributed by atoms with van der Waals surface area (Å²) in [6, 6.07) is -1.17. The van der Waals surface area contributed by atoms with E-state index < -0.39 is 36.0 Å². The molecule has 1 aliphatic rings. The molecule has 0 spiro atoms. The first-order valence-corrected chi connectivity index (χ1v) is 28.0. The van der Waals surface area contributed by atoms with Gasteiger partial charge in [0.05, 0.1) is 23.9 Å². The highest BCUT2D eigenvalue weighted by molar-refractivity contribution is 7.42. The van der Waals surface area contributed by atoms with E-state index in [2.05, 4.69) is 157 Å². The second kappa shape index (κ2) is 43.3. The van der Waals surface area contributed by atoms with E-state index in [9.17, 15) is 30.0 Å². The Balaban J connectivity index is 2.63. The van der Waals surface area contributed by atoms with Crippen molar-refractivity contribution in [3.05, 3.63) is 109 Å². The molecule has 10 nitrogen and oxygen atoms in total. The Kier molecular flexibility index (Phi) is 40.2. The van der Waals surface area contributed by atoms with E-state index >= 15 is 0 Å². The molecule has 9 atom stereocenters. The van der Waals surface area contributed by atoms with Crippen molar-refractivity contribution < 1.29 is 30.0 Å². The van der Waals surface area contributed by atoms with Crippen molar-refractivity contribution in [2.24, 2.45) is 5.92 Å². The predicted octanol–water partition coefficient (Wildman–Crippen LogP) is 10.6. The molecule has 1 fully saturated rings. The molecule has 0 bridgehead atoms. The summed E-state index contributed by atoms with van der Waals surface area (Å²) in [6.45, 7) is 13.4. The second-order valence-corrected chi connectivity index (χ2v) is 20.2. The molecule has 0 aromatic heterocycles. The Hall–Kier alpha value is -2.78. The number of rotatable bonds is 41. The van der Waals surface area contributed by atoms with E-state index in [0.717, 1.165) is 89.9 Å². The zero-order valence-corrected chi connectivity index (χ0v) is 44.2. The predicted molar refractivity (Wildman–Crippen MR) is 290 cm³/mol. The van der Waals surface area contributed by atoms with Gasteiger partial charge < -0.3 is 31.1 Å². The maximum absolute atomic E-state index is 13.2. The highest BCUT2D eigenvalue weighted by atomic mass is 31.1. The van der Waals surface area contributed by atoms with E-state index in [1.807, 2.05) is 0 Å². The van der Waals surface area contributed by atoms with Crippen molar-refractivity contribution in [3.63, 3.8) is 0 Å². The quantitative estimate of drug-likeness (QED) is 0.0202. The number of carbonyl (C=O) groups excluding carboxylic acids is 2. The minimum atomic E-state index is -0.589. The van der Waals surface area contributed by atoms with E-state index in [1.54, 1.807) is 6.92 Å². The van der Waals surface area contributed by atoms with Gasteiger partial charge in [-0.2, -0.15) is 0 Å². The van der Waals surface area contributed by atoms with Gasteiger partial charge in [-0.1, -0.05) is 160 Å². The summed E-state index contributed by atoms with van der Waals surface area (Å²) >= 11 is 0. The molecule has 0 radical (unpaired) electrons. The van der Waals surface area contributed by atoms with E-state index in [0.29, 0.717) is 58.5 Å². The number of nitrogens with zero attached hydrogens (tertiary/aromatic N) is 2.